The van der Waals surface area contributed by atoms with E-state index in [2.05, 4.69) is 43.3 Å². The average Bonchev–Trinajstić information content (AvgIpc) is 3.37. The molecular formula is C28H32O2. The molecule has 156 valence electrons. The quantitative estimate of drug-likeness (QED) is 0.629. The van der Waals surface area contributed by atoms with Gasteiger partial charge in [0.2, 0.25) is 0 Å². The van der Waals surface area contributed by atoms with Crippen LogP contribution < -0.4 is 0 Å². The molecule has 4 bridgehead atoms. The number of fused-ring (bicyclic) bond motifs is 10. The summed E-state index contributed by atoms with van der Waals surface area (Å²) in [7, 11) is 1.84. The number of allylic oxidation sites excluding steroid dienone is 3. The second-order valence-corrected chi connectivity index (χ2v) is 11.2. The first-order valence-corrected chi connectivity index (χ1v) is 12.2. The predicted octanol–water partition coefficient (Wildman–Crippen LogP) is 5.90. The highest BCUT2D eigenvalue weighted by molar-refractivity contribution is 6.04. The number of methoxy groups -OCH3 is 1. The van der Waals surface area contributed by atoms with Crippen molar-refractivity contribution in [2.45, 2.75) is 45.4 Å². The molecule has 0 heterocycles. The van der Waals surface area contributed by atoms with E-state index in [1.165, 1.54) is 49.7 Å². The molecule has 0 saturated heterocycles. The minimum atomic E-state index is -0.0356. The van der Waals surface area contributed by atoms with Crippen LogP contribution in [0.3, 0.4) is 0 Å². The lowest BCUT2D eigenvalue weighted by atomic mass is 9.75. The standard InChI is InChI=1S/C28H32O2/c1-15(12-16-6-4-3-5-7-16)28(23-19-10-11-20(14-19)24(23)28)25-26(29)21-17-8-9-18(13-17)22(21)27(25)30-2/h3-7,12,17-24H,8-11,13-14H2,1-2H3/b15-12+. The molecule has 5 saturated carbocycles. The first-order valence-electron chi connectivity index (χ1n) is 12.2. The zero-order valence-corrected chi connectivity index (χ0v) is 18.1. The molecule has 7 rings (SSSR count). The van der Waals surface area contributed by atoms with Crippen molar-refractivity contribution in [3.05, 3.63) is 52.8 Å². The predicted molar refractivity (Wildman–Crippen MR) is 117 cm³/mol. The Hall–Kier alpha value is -1.83. The Balaban J connectivity index is 1.40. The molecule has 0 amide bonds. The lowest BCUT2D eigenvalue weighted by Crippen LogP contribution is -2.27. The van der Waals surface area contributed by atoms with Gasteiger partial charge in [-0.05, 0) is 86.5 Å². The fourth-order valence-electron chi connectivity index (χ4n) is 9.60. The second-order valence-electron chi connectivity index (χ2n) is 11.2. The SMILES string of the molecule is COC1=C(C2(/C(C)=C/c3ccccc3)C3C4CCC(C4)C32)C(=O)C2C3CCC(C3)C12. The van der Waals surface area contributed by atoms with E-state index in [4.69, 9.17) is 4.74 Å². The maximum absolute atomic E-state index is 14.1. The Kier molecular flexibility index (Phi) is 3.50. The zero-order valence-electron chi connectivity index (χ0n) is 18.1. The Morgan fingerprint density at radius 1 is 0.933 bits per heavy atom. The third-order valence-corrected chi connectivity index (χ3v) is 10.3. The first kappa shape index (κ1) is 17.8. The van der Waals surface area contributed by atoms with Gasteiger partial charge in [0.1, 0.15) is 5.76 Å². The Labute approximate surface area is 179 Å². The van der Waals surface area contributed by atoms with Gasteiger partial charge >= 0.3 is 0 Å². The van der Waals surface area contributed by atoms with Crippen LogP contribution >= 0.6 is 0 Å². The monoisotopic (exact) mass is 400 g/mol. The summed E-state index contributed by atoms with van der Waals surface area (Å²) in [6.07, 6.45) is 10.3. The molecular weight excluding hydrogens is 368 g/mol. The summed E-state index contributed by atoms with van der Waals surface area (Å²) in [4.78, 5) is 14.1. The lowest BCUT2D eigenvalue weighted by Gasteiger charge is -2.28. The Morgan fingerprint density at radius 3 is 2.20 bits per heavy atom. The minimum absolute atomic E-state index is 0.0356. The molecule has 6 aliphatic carbocycles. The summed E-state index contributed by atoms with van der Waals surface area (Å²) >= 11 is 0. The van der Waals surface area contributed by atoms with E-state index in [1.54, 1.807) is 0 Å². The van der Waals surface area contributed by atoms with Crippen LogP contribution in [0.1, 0.15) is 51.0 Å². The van der Waals surface area contributed by atoms with Gasteiger partial charge in [0.05, 0.1) is 7.11 Å². The molecule has 2 nitrogen and oxygen atoms in total. The van der Waals surface area contributed by atoms with E-state index in [0.717, 1.165) is 23.2 Å². The zero-order chi connectivity index (χ0) is 20.2. The molecule has 2 heteroatoms. The molecule has 0 spiro atoms. The molecule has 1 aromatic carbocycles. The van der Waals surface area contributed by atoms with Crippen molar-refractivity contribution in [1.82, 2.24) is 0 Å². The van der Waals surface area contributed by atoms with Crippen molar-refractivity contribution < 1.29 is 9.53 Å². The summed E-state index contributed by atoms with van der Waals surface area (Å²) in [5.41, 5.74) is 3.79. The number of hydrogen-bond acceptors (Lipinski definition) is 2. The van der Waals surface area contributed by atoms with Crippen LogP contribution in [0.5, 0.6) is 0 Å². The molecule has 30 heavy (non-hydrogen) atoms. The summed E-state index contributed by atoms with van der Waals surface area (Å²) in [5.74, 6) is 6.50. The van der Waals surface area contributed by atoms with Crippen LogP contribution in [0, 0.1) is 52.8 Å². The molecule has 0 N–H and O–H groups in total. The fraction of sp³-hybridized carbons (Fsp3) is 0.607. The van der Waals surface area contributed by atoms with E-state index in [0.29, 0.717) is 35.4 Å². The van der Waals surface area contributed by atoms with Gasteiger partial charge in [-0.2, -0.15) is 0 Å². The van der Waals surface area contributed by atoms with Crippen LogP contribution in [0.15, 0.2) is 47.2 Å². The van der Waals surface area contributed by atoms with Gasteiger partial charge in [-0.15, -0.1) is 0 Å². The number of benzene rings is 1. The van der Waals surface area contributed by atoms with Crippen LogP contribution in [0.4, 0.5) is 0 Å². The summed E-state index contributed by atoms with van der Waals surface area (Å²) < 4.78 is 6.18. The van der Waals surface area contributed by atoms with Crippen molar-refractivity contribution in [2.75, 3.05) is 7.11 Å². The van der Waals surface area contributed by atoms with Gasteiger partial charge in [0.15, 0.2) is 5.78 Å². The number of ether oxygens (including phenoxy) is 1. The molecule has 6 aliphatic rings. The van der Waals surface area contributed by atoms with Gasteiger partial charge in [0, 0.05) is 22.8 Å². The summed E-state index contributed by atoms with van der Waals surface area (Å²) in [6.45, 7) is 2.32. The molecule has 1 aromatic rings. The number of carbonyl (C=O) groups excluding carboxylic acids is 1. The van der Waals surface area contributed by atoms with E-state index in [9.17, 15) is 4.79 Å². The maximum atomic E-state index is 14.1. The molecule has 8 atom stereocenters. The topological polar surface area (TPSA) is 26.3 Å². The van der Waals surface area contributed by atoms with E-state index >= 15 is 0 Å². The van der Waals surface area contributed by atoms with Crippen molar-refractivity contribution >= 4 is 11.9 Å². The van der Waals surface area contributed by atoms with E-state index in [1.807, 2.05) is 7.11 Å². The maximum Gasteiger partial charge on any atom is 0.167 e. The third-order valence-electron chi connectivity index (χ3n) is 10.3. The fourth-order valence-corrected chi connectivity index (χ4v) is 9.60. The number of rotatable bonds is 4. The number of Topliss-reactive ketones (excluding diaryl/α,β-unsaturated/α-hetero) is 1. The molecule has 0 radical (unpaired) electrons. The lowest BCUT2D eigenvalue weighted by molar-refractivity contribution is -0.121. The van der Waals surface area contributed by atoms with E-state index in [-0.39, 0.29) is 11.3 Å². The molecule has 0 aliphatic heterocycles. The van der Waals surface area contributed by atoms with Gasteiger partial charge in [0.25, 0.3) is 0 Å². The first-order chi connectivity index (χ1) is 14.7. The van der Waals surface area contributed by atoms with Crippen LogP contribution in [0.25, 0.3) is 6.08 Å². The molecule has 8 unspecified atom stereocenters. The van der Waals surface area contributed by atoms with Crippen LogP contribution in [0.2, 0.25) is 0 Å². The number of ketones is 1. The molecule has 0 aromatic heterocycles. The van der Waals surface area contributed by atoms with Gasteiger partial charge < -0.3 is 4.74 Å². The largest absolute Gasteiger partial charge is 0.500 e. The van der Waals surface area contributed by atoms with Crippen LogP contribution in [-0.4, -0.2) is 12.9 Å². The van der Waals surface area contributed by atoms with Gasteiger partial charge in [-0.25, -0.2) is 0 Å². The smallest absolute Gasteiger partial charge is 0.167 e. The van der Waals surface area contributed by atoms with E-state index < -0.39 is 0 Å². The number of carbonyl (C=O) groups is 1. The second kappa shape index (κ2) is 5.90. The Bertz CT molecular complexity index is 969. The van der Waals surface area contributed by atoms with Crippen molar-refractivity contribution in [2.24, 2.45) is 52.8 Å². The Morgan fingerprint density at radius 2 is 1.53 bits per heavy atom. The third kappa shape index (κ3) is 1.95. The van der Waals surface area contributed by atoms with Crippen molar-refractivity contribution in [1.29, 1.82) is 0 Å². The highest BCUT2D eigenvalue weighted by atomic mass is 16.5. The van der Waals surface area contributed by atoms with Crippen molar-refractivity contribution in [3.8, 4) is 0 Å². The van der Waals surface area contributed by atoms with Gasteiger partial charge in [-0.1, -0.05) is 42.0 Å². The molecule has 5 fully saturated rings. The average molecular weight is 401 g/mol. The normalized spacial score (nSPS) is 47.8. The van der Waals surface area contributed by atoms with Crippen LogP contribution in [-0.2, 0) is 9.53 Å². The van der Waals surface area contributed by atoms with Gasteiger partial charge in [-0.3, -0.25) is 4.79 Å². The minimum Gasteiger partial charge on any atom is -0.500 e. The summed E-state index contributed by atoms with van der Waals surface area (Å²) in [6, 6.07) is 10.7. The van der Waals surface area contributed by atoms with Crippen molar-refractivity contribution in [3.63, 3.8) is 0 Å². The summed E-state index contributed by atoms with van der Waals surface area (Å²) in [5, 5.41) is 0. The highest BCUT2D eigenvalue weighted by Crippen LogP contribution is 2.83. The number of hydrogen-bond donors (Lipinski definition) is 0. The highest BCUT2D eigenvalue weighted by Gasteiger charge is 2.79.